The average molecular weight is 1150 g/mol. The molecule has 0 aliphatic heterocycles. The molecule has 2 aromatic carbocycles. The summed E-state index contributed by atoms with van der Waals surface area (Å²) < 4.78 is 117. The van der Waals surface area contributed by atoms with Crippen molar-refractivity contribution in [2.24, 2.45) is 9.98 Å². The molecule has 0 aliphatic carbocycles. The number of hydrogen-bond donors (Lipinski definition) is 4. The van der Waals surface area contributed by atoms with Crippen molar-refractivity contribution in [1.82, 2.24) is 29.9 Å². The first-order chi connectivity index (χ1) is 30.4. The van der Waals surface area contributed by atoms with Crippen molar-refractivity contribution < 1.29 is 260 Å². The number of aromatic nitrogens is 6. The Labute approximate surface area is 544 Å². The molecule has 0 amide bonds. The Balaban J connectivity index is -0.00000748. The van der Waals surface area contributed by atoms with Gasteiger partial charge in [0.1, 0.15) is 10.1 Å². The second-order valence-corrected chi connectivity index (χ2v) is 17.7. The van der Waals surface area contributed by atoms with Crippen molar-refractivity contribution in [2.75, 3.05) is 57.4 Å². The van der Waals surface area contributed by atoms with Gasteiger partial charge in [-0.1, -0.05) is 24.3 Å². The Morgan fingerprint density at radius 1 is 0.557 bits per heavy atom. The van der Waals surface area contributed by atoms with Crippen molar-refractivity contribution >= 4 is 138 Å². The molecule has 4 rings (SSSR count). The maximum atomic E-state index is 12.5. The second kappa shape index (κ2) is 39.5. The van der Waals surface area contributed by atoms with Gasteiger partial charge >= 0.3 is 177 Å². The summed E-state index contributed by atoms with van der Waals surface area (Å²) in [4.78, 5) is 31.8. The van der Waals surface area contributed by atoms with Gasteiger partial charge in [0.05, 0.1) is 60.2 Å². The van der Waals surface area contributed by atoms with Gasteiger partial charge in [-0.3, -0.25) is 15.1 Å². The first-order valence-corrected chi connectivity index (χ1v) is 23.7. The molecule has 0 saturated carbocycles. The fourth-order valence-corrected chi connectivity index (χ4v) is 6.73. The van der Waals surface area contributed by atoms with Gasteiger partial charge in [-0.15, -0.1) is 0 Å². The van der Waals surface area contributed by atoms with E-state index in [-0.39, 0.29) is 252 Å². The Hall–Kier alpha value is 1.16. The zero-order chi connectivity index (χ0) is 46.6. The maximum absolute atomic E-state index is 12.5. The molecule has 0 aliphatic rings. The van der Waals surface area contributed by atoms with Crippen LogP contribution in [0.3, 0.4) is 0 Å². The summed E-state index contributed by atoms with van der Waals surface area (Å²) in [6.45, 7) is -0.838. The van der Waals surface area contributed by atoms with Gasteiger partial charge in [0.15, 0.2) is 0 Å². The molecule has 30 nitrogen and oxygen atoms in total. The third kappa shape index (κ3) is 30.8. The van der Waals surface area contributed by atoms with E-state index in [1.807, 2.05) is 0 Å². The van der Waals surface area contributed by atoms with Gasteiger partial charge in [-0.05, 0) is 35.4 Å². The van der Waals surface area contributed by atoms with E-state index in [0.29, 0.717) is 36.1 Å². The average Bonchev–Trinajstić information content (AvgIpc) is 3.21. The predicted molar refractivity (Wildman–Crippen MR) is 216 cm³/mol. The Bertz CT molecular complexity index is 2550. The topological polar surface area (TPSA) is 446 Å². The van der Waals surface area contributed by atoms with Gasteiger partial charge in [0.2, 0.25) is 23.8 Å². The summed E-state index contributed by atoms with van der Waals surface area (Å²) in [5, 5.41) is 51.2. The molecule has 4 aromatic rings. The summed E-state index contributed by atoms with van der Waals surface area (Å²) in [6, 6.07) is 7.90. The van der Waals surface area contributed by atoms with Crippen molar-refractivity contribution in [2.45, 2.75) is 9.79 Å². The fraction of sp³-hybridized carbons (Fsp3) is 0.214. The van der Waals surface area contributed by atoms with Crippen molar-refractivity contribution in [3.05, 3.63) is 47.5 Å². The summed E-state index contributed by atoms with van der Waals surface area (Å²) in [5.41, 5.74) is 0.368. The van der Waals surface area contributed by atoms with E-state index in [0.717, 1.165) is 6.07 Å². The van der Waals surface area contributed by atoms with Crippen LogP contribution in [0.1, 0.15) is 11.1 Å². The first kappa shape index (κ1) is 75.4. The van der Waals surface area contributed by atoms with Crippen molar-refractivity contribution in [1.29, 1.82) is 0 Å². The smallest absolute Gasteiger partial charge is 0.748 e. The predicted octanol–water partition coefficient (Wildman–Crippen LogP) is -19.1. The van der Waals surface area contributed by atoms with Gasteiger partial charge in [0.25, 0.3) is 11.9 Å². The minimum absolute atomic E-state index is 0. The molecule has 42 heteroatoms. The van der Waals surface area contributed by atoms with Crippen LogP contribution in [0.2, 0.25) is 0 Å². The van der Waals surface area contributed by atoms with E-state index in [1.165, 1.54) is 54.9 Å². The largest absolute Gasteiger partial charge is 1.00 e. The molecule has 4 N–H and O–H groups in total. The van der Waals surface area contributed by atoms with Crippen LogP contribution < -0.4 is 214 Å². The first-order valence-electron chi connectivity index (χ1n) is 16.6. The molecule has 348 valence electrons. The number of nitrogens with one attached hydrogen (secondary N) is 4. The quantitative estimate of drug-likeness (QED) is 0.00599. The van der Waals surface area contributed by atoms with Crippen LogP contribution in [-0.4, -0.2) is 117 Å². The molecule has 0 bridgehead atoms. The van der Waals surface area contributed by atoms with Gasteiger partial charge in [-0.2, -0.15) is 42.9 Å². The summed E-state index contributed by atoms with van der Waals surface area (Å²) >= 11 is 1.61. The summed E-state index contributed by atoms with van der Waals surface area (Å²) in [5.74, 6) is -3.05. The minimum atomic E-state index is -5.16. The number of aliphatic imine (C=N–C) groups is 2. The molecule has 0 radical (unpaired) electrons. The van der Waals surface area contributed by atoms with Crippen LogP contribution >= 0.6 is 36.1 Å². The Kier molecular flexibility index (Phi) is 42.6. The minimum Gasteiger partial charge on any atom is -0.748 e. The Morgan fingerprint density at radius 3 is 1.44 bits per heavy atom. The molecule has 0 spiro atoms. The third-order valence-electron chi connectivity index (χ3n) is 6.77. The summed E-state index contributed by atoms with van der Waals surface area (Å²) in [6.07, 6.45) is 5.11. The molecular formula is C28H26N12Na6O18S6. The number of nitrogens with zero attached hydrogens (tertiary/aromatic N) is 8. The fourth-order valence-electron chi connectivity index (χ4n) is 4.36. The molecule has 0 fully saturated rings. The zero-order valence-electron chi connectivity index (χ0n) is 37.4. The van der Waals surface area contributed by atoms with Gasteiger partial charge in [-0.25, -0.2) is 35.2 Å². The van der Waals surface area contributed by atoms with Crippen LogP contribution in [0.4, 0.5) is 47.1 Å². The van der Waals surface area contributed by atoms with E-state index in [9.17, 15) is 54.7 Å². The molecule has 0 saturated heterocycles. The standard InChI is InChI=1S/C28H32N12O18S6.6Na/c41-53-56-59-11-7-29-23-35-24(30-8-12-60-57-54-42)38-28(37-23)34-20-6-4-18(22(16-20)64(50,51)52)2-1-17-3-5-19(15-21(17)61-58-55-43)33-27-39-25(31-9-13-62(44,45)46)36-26(40-27)32-10-14-63(47,48)49;;;;;;/h1-8,15-16,41-43H,9-14H2,(H,44,45,46)(H,47,48,49)(H,50,51,52)(H,34,35,37,38)(H3,31,32,33,36,39,40);;;;;;/q;6*+1/p-6. The van der Waals surface area contributed by atoms with Crippen LogP contribution in [0.5, 0.6) is 0 Å². The van der Waals surface area contributed by atoms with Gasteiger partial charge in [0, 0.05) is 65.9 Å². The zero-order valence-corrected chi connectivity index (χ0v) is 54.3. The van der Waals surface area contributed by atoms with E-state index in [4.69, 9.17) is 0 Å². The molecule has 70 heavy (non-hydrogen) atoms. The number of benzene rings is 2. The maximum Gasteiger partial charge on any atom is 1.00 e. The SMILES string of the molecule is O=S(=O)([O-])CCNc1nc(NCCS(=O)(=O)[O-])nc(Nc2ccc(C=Cc3ccc(Nc4nc(N=CCSOO[O-])nc(N=CCSOO[O-])n4)cc3S(=O)(=O)[O-])c(SOO[O-])c2)n1.[Na+].[Na+].[Na+].[Na+].[Na+].[Na+]. The van der Waals surface area contributed by atoms with Crippen LogP contribution in [0.25, 0.3) is 12.2 Å². The molecule has 0 unspecified atom stereocenters. The third-order valence-corrected chi connectivity index (χ3v) is 10.6. The van der Waals surface area contributed by atoms with Crippen LogP contribution in [0, 0.1) is 0 Å². The van der Waals surface area contributed by atoms with Crippen LogP contribution in [0.15, 0.2) is 56.2 Å². The molecule has 0 atom stereocenters. The van der Waals surface area contributed by atoms with Crippen molar-refractivity contribution in [3.8, 4) is 0 Å². The Morgan fingerprint density at radius 2 is 0.986 bits per heavy atom. The van der Waals surface area contributed by atoms with Gasteiger partial charge < -0.3 is 50.7 Å². The van der Waals surface area contributed by atoms with E-state index in [1.54, 1.807) is 0 Å². The number of rotatable bonds is 28. The normalized spacial score (nSPS) is 11.3. The number of hydrogen-bond acceptors (Lipinski definition) is 33. The number of anilines is 6. The summed E-state index contributed by atoms with van der Waals surface area (Å²) in [7, 11) is -14.4. The van der Waals surface area contributed by atoms with E-state index < -0.39 is 59.8 Å². The molecule has 2 aromatic heterocycles. The van der Waals surface area contributed by atoms with E-state index in [2.05, 4.69) is 89.3 Å². The monoisotopic (exact) mass is 1150 g/mol. The molecule has 2 heterocycles. The second-order valence-electron chi connectivity index (χ2n) is 11.2. The van der Waals surface area contributed by atoms with Crippen LogP contribution in [-0.2, 0) is 58.5 Å². The van der Waals surface area contributed by atoms with Crippen molar-refractivity contribution in [3.63, 3.8) is 0 Å². The van der Waals surface area contributed by atoms with E-state index >= 15 is 0 Å². The molecular weight excluding hydrogens is 1120 g/mol.